The Labute approximate surface area is 69.6 Å². The smallest absolute Gasteiger partial charge is 0.232 e. The first kappa shape index (κ1) is 7.69. The van der Waals surface area contributed by atoms with Crippen LogP contribution >= 0.6 is 24.2 Å². The van der Waals surface area contributed by atoms with Crippen LogP contribution in [0.1, 0.15) is 0 Å². The quantitative estimate of drug-likeness (QED) is 0.660. The van der Waals surface area contributed by atoms with Gasteiger partial charge < -0.3 is 4.74 Å². The van der Waals surface area contributed by atoms with Gasteiger partial charge in [0.05, 0.1) is 7.11 Å². The molecule has 0 aliphatic rings. The van der Waals surface area contributed by atoms with Crippen LogP contribution in [0.3, 0.4) is 0 Å². The molecule has 1 heterocycles. The fourth-order valence-electron chi connectivity index (χ4n) is 0.565. The topological polar surface area (TPSA) is 22.1 Å². The molecule has 0 atom stereocenters. The number of hydrogen-bond donors (Lipinski definition) is 1. The highest BCUT2D eigenvalue weighted by Gasteiger charge is 1.99. The molecule has 0 bridgehead atoms. The highest BCUT2D eigenvalue weighted by molar-refractivity contribution is 7.80. The van der Waals surface area contributed by atoms with E-state index in [0.717, 1.165) is 4.90 Å². The molecule has 0 amide bonds. The largest absolute Gasteiger partial charge is 0.480 e. The van der Waals surface area contributed by atoms with Crippen LogP contribution in [-0.2, 0) is 0 Å². The van der Waals surface area contributed by atoms with Crippen LogP contribution < -0.4 is 4.74 Å². The number of hydrogen-bond acceptors (Lipinski definition) is 3. The molecule has 0 radical (unpaired) electrons. The molecule has 0 spiro atoms. The molecule has 10 heavy (non-hydrogen) atoms. The van der Waals surface area contributed by atoms with E-state index in [1.54, 1.807) is 12.3 Å². The van der Waals surface area contributed by atoms with Crippen molar-refractivity contribution in [3.8, 4) is 5.88 Å². The fraction of sp³-hybridized carbons (Fsp3) is 0.167. The van der Waals surface area contributed by atoms with Gasteiger partial charge in [-0.05, 0) is 6.07 Å². The van der Waals surface area contributed by atoms with Gasteiger partial charge in [0, 0.05) is 11.1 Å². The highest BCUT2D eigenvalue weighted by atomic mass is 35.5. The van der Waals surface area contributed by atoms with Crippen LogP contribution in [0.5, 0.6) is 5.88 Å². The molecule has 54 valence electrons. The molecular formula is C6H6ClNOS. The van der Waals surface area contributed by atoms with E-state index in [1.807, 2.05) is 0 Å². The second-order valence-corrected chi connectivity index (χ2v) is 2.61. The zero-order chi connectivity index (χ0) is 7.56. The highest BCUT2D eigenvalue weighted by Crippen LogP contribution is 2.22. The molecule has 0 fully saturated rings. The van der Waals surface area contributed by atoms with E-state index in [0.29, 0.717) is 10.9 Å². The van der Waals surface area contributed by atoms with Crippen molar-refractivity contribution in [1.29, 1.82) is 0 Å². The molecule has 0 N–H and O–H groups in total. The van der Waals surface area contributed by atoms with Gasteiger partial charge >= 0.3 is 0 Å². The number of nitrogens with zero attached hydrogens (tertiary/aromatic N) is 1. The third-order valence-corrected chi connectivity index (χ3v) is 1.50. The second-order valence-electron chi connectivity index (χ2n) is 1.68. The number of pyridine rings is 1. The summed E-state index contributed by atoms with van der Waals surface area (Å²) in [6.07, 6.45) is 1.58. The summed E-state index contributed by atoms with van der Waals surface area (Å²) in [4.78, 5) is 4.59. The van der Waals surface area contributed by atoms with Crippen molar-refractivity contribution in [3.05, 3.63) is 17.3 Å². The van der Waals surface area contributed by atoms with E-state index in [1.165, 1.54) is 7.11 Å². The summed E-state index contributed by atoms with van der Waals surface area (Å²) in [5.74, 6) is 0.430. The summed E-state index contributed by atoms with van der Waals surface area (Å²) in [7, 11) is 1.52. The lowest BCUT2D eigenvalue weighted by Gasteiger charge is -1.99. The molecule has 0 aliphatic heterocycles. The number of rotatable bonds is 1. The number of thiol groups is 1. The van der Waals surface area contributed by atoms with E-state index >= 15 is 0 Å². The van der Waals surface area contributed by atoms with Crippen molar-refractivity contribution in [2.45, 2.75) is 4.90 Å². The average Bonchev–Trinajstić information content (AvgIpc) is 1.88. The van der Waals surface area contributed by atoms with Gasteiger partial charge in [-0.3, -0.25) is 0 Å². The zero-order valence-corrected chi connectivity index (χ0v) is 6.99. The number of methoxy groups -OCH3 is 1. The lowest BCUT2D eigenvalue weighted by Crippen LogP contribution is -1.87. The SMILES string of the molecule is COc1ncc(S)cc1Cl. The normalized spacial score (nSPS) is 9.50. The third kappa shape index (κ3) is 1.55. The summed E-state index contributed by atoms with van der Waals surface area (Å²) in [6, 6.07) is 1.68. The first-order valence-electron chi connectivity index (χ1n) is 2.62. The number of ether oxygens (including phenoxy) is 1. The standard InChI is InChI=1S/C6H6ClNOS/c1-9-6-5(7)2-4(10)3-8-6/h2-3,10H,1H3. The Kier molecular flexibility index (Phi) is 2.40. The third-order valence-electron chi connectivity index (χ3n) is 0.986. The van der Waals surface area contributed by atoms with Crippen LogP contribution in [0.2, 0.25) is 5.02 Å². The lowest BCUT2D eigenvalue weighted by molar-refractivity contribution is 0.397. The molecule has 0 saturated carbocycles. The van der Waals surface area contributed by atoms with Gasteiger partial charge in [0.1, 0.15) is 5.02 Å². The van der Waals surface area contributed by atoms with Gasteiger partial charge in [-0.2, -0.15) is 0 Å². The van der Waals surface area contributed by atoms with E-state index < -0.39 is 0 Å². The molecular weight excluding hydrogens is 170 g/mol. The molecule has 0 unspecified atom stereocenters. The zero-order valence-electron chi connectivity index (χ0n) is 5.34. The molecule has 1 aromatic heterocycles. The number of aromatic nitrogens is 1. The van der Waals surface area contributed by atoms with Gasteiger partial charge in [-0.1, -0.05) is 11.6 Å². The summed E-state index contributed by atoms with van der Waals surface area (Å²) in [5, 5.41) is 0.481. The predicted molar refractivity (Wildman–Crippen MR) is 43.1 cm³/mol. The van der Waals surface area contributed by atoms with Crippen molar-refractivity contribution in [2.75, 3.05) is 7.11 Å². The second kappa shape index (κ2) is 3.12. The van der Waals surface area contributed by atoms with Crippen LogP contribution in [0.25, 0.3) is 0 Å². The summed E-state index contributed by atoms with van der Waals surface area (Å²) < 4.78 is 4.82. The molecule has 2 nitrogen and oxygen atoms in total. The van der Waals surface area contributed by atoms with Gasteiger partial charge in [0.2, 0.25) is 5.88 Å². The molecule has 0 aliphatic carbocycles. The number of halogens is 1. The maximum absolute atomic E-state index is 5.69. The van der Waals surface area contributed by atoms with E-state index in [2.05, 4.69) is 17.6 Å². The first-order chi connectivity index (χ1) is 4.74. The Bertz CT molecular complexity index is 241. The van der Waals surface area contributed by atoms with Gasteiger partial charge in [0.15, 0.2) is 0 Å². The summed E-state index contributed by atoms with van der Waals surface area (Å²) in [5.41, 5.74) is 0. The Morgan fingerprint density at radius 3 is 2.90 bits per heavy atom. The minimum absolute atomic E-state index is 0.430. The molecule has 4 heteroatoms. The van der Waals surface area contributed by atoms with Gasteiger partial charge in [0.25, 0.3) is 0 Å². The van der Waals surface area contributed by atoms with Crippen molar-refractivity contribution in [1.82, 2.24) is 4.98 Å². The van der Waals surface area contributed by atoms with Crippen molar-refractivity contribution in [3.63, 3.8) is 0 Å². The van der Waals surface area contributed by atoms with Gasteiger partial charge in [-0.25, -0.2) is 4.98 Å². The monoisotopic (exact) mass is 175 g/mol. The van der Waals surface area contributed by atoms with Crippen LogP contribution in [-0.4, -0.2) is 12.1 Å². The Balaban J connectivity index is 3.07. The predicted octanol–water partition coefficient (Wildman–Crippen LogP) is 2.03. The molecule has 1 rings (SSSR count). The van der Waals surface area contributed by atoms with Gasteiger partial charge in [-0.15, -0.1) is 12.6 Å². The van der Waals surface area contributed by atoms with E-state index in [9.17, 15) is 0 Å². The summed E-state index contributed by atoms with van der Waals surface area (Å²) >= 11 is 9.73. The van der Waals surface area contributed by atoms with E-state index in [4.69, 9.17) is 16.3 Å². The minimum atomic E-state index is 0.430. The van der Waals surface area contributed by atoms with Crippen LogP contribution in [0.4, 0.5) is 0 Å². The Hall–Kier alpha value is -0.410. The maximum Gasteiger partial charge on any atom is 0.232 e. The minimum Gasteiger partial charge on any atom is -0.480 e. The van der Waals surface area contributed by atoms with E-state index in [-0.39, 0.29) is 0 Å². The molecule has 0 aromatic carbocycles. The molecule has 0 saturated heterocycles. The molecule has 1 aromatic rings. The fourth-order valence-corrected chi connectivity index (χ4v) is 1.07. The lowest BCUT2D eigenvalue weighted by atomic mass is 10.5. The Morgan fingerprint density at radius 1 is 1.70 bits per heavy atom. The summed E-state index contributed by atoms with van der Waals surface area (Å²) in [6.45, 7) is 0. The average molecular weight is 176 g/mol. The van der Waals surface area contributed by atoms with Crippen molar-refractivity contribution >= 4 is 24.2 Å². The van der Waals surface area contributed by atoms with Crippen LogP contribution in [0, 0.1) is 0 Å². The first-order valence-corrected chi connectivity index (χ1v) is 3.45. The maximum atomic E-state index is 5.69. The van der Waals surface area contributed by atoms with Crippen molar-refractivity contribution < 1.29 is 4.74 Å². The Morgan fingerprint density at radius 2 is 2.40 bits per heavy atom. The van der Waals surface area contributed by atoms with Crippen molar-refractivity contribution in [2.24, 2.45) is 0 Å². The van der Waals surface area contributed by atoms with Crippen LogP contribution in [0.15, 0.2) is 17.2 Å².